The van der Waals surface area contributed by atoms with E-state index in [0.717, 1.165) is 3.57 Å². The molecule has 1 aromatic rings. The molecule has 0 amide bonds. The van der Waals surface area contributed by atoms with Gasteiger partial charge in [0.2, 0.25) is 0 Å². The molecule has 0 unspecified atom stereocenters. The van der Waals surface area contributed by atoms with E-state index in [2.05, 4.69) is 19.9 Å². The molecule has 0 bridgehead atoms. The normalized spacial score (nSPS) is 10.5. The summed E-state index contributed by atoms with van der Waals surface area (Å²) in [5.74, 6) is 0.455. The topological polar surface area (TPSA) is 17.1 Å². The van der Waals surface area contributed by atoms with Gasteiger partial charge >= 0.3 is 0 Å². The monoisotopic (exact) mass is 261 g/mol. The zero-order valence-corrected chi connectivity index (χ0v) is 8.75. The second kappa shape index (κ2) is 3.95. The Kier molecular flexibility index (Phi) is 3.17. The minimum atomic E-state index is -1.05. The lowest BCUT2D eigenvalue weighted by atomic mass is 10.0. The van der Waals surface area contributed by atoms with Crippen LogP contribution in [0.1, 0.15) is 25.3 Å². The molecule has 0 atom stereocenters. The van der Waals surface area contributed by atoms with E-state index in [1.54, 1.807) is 0 Å². The predicted octanol–water partition coefficient (Wildman–Crippen LogP) is 3.10. The molecule has 0 heterocycles. The molecule has 2 heteroatoms. The molecule has 11 heavy (non-hydrogen) atoms. The third kappa shape index (κ3) is 2.09. The molecule has 0 saturated carbocycles. The summed E-state index contributed by atoms with van der Waals surface area (Å²) in [5.41, 5.74) is 1.18. The fourth-order valence-corrected chi connectivity index (χ4v) is 2.31. The standard InChI is InChI=1S/C9H10IO/c1-7(2)8-5-3-4-6-9(8)10-11/h3-5,7H,1-2H3. The van der Waals surface area contributed by atoms with Crippen LogP contribution in [0.15, 0.2) is 18.2 Å². The Labute approximate surface area is 77.5 Å². The maximum atomic E-state index is 10.7. The summed E-state index contributed by atoms with van der Waals surface area (Å²) >= 11 is -1.05. The van der Waals surface area contributed by atoms with Crippen molar-refractivity contribution < 1.29 is 3.07 Å². The Morgan fingerprint density at radius 2 is 2.27 bits per heavy atom. The van der Waals surface area contributed by atoms with E-state index in [1.807, 2.05) is 18.2 Å². The van der Waals surface area contributed by atoms with Gasteiger partial charge in [0.05, 0.1) is 3.57 Å². The van der Waals surface area contributed by atoms with Gasteiger partial charge < -0.3 is 0 Å². The number of rotatable bonds is 2. The first kappa shape index (κ1) is 8.84. The summed E-state index contributed by atoms with van der Waals surface area (Å²) in [4.78, 5) is 0. The van der Waals surface area contributed by atoms with Crippen molar-refractivity contribution in [2.45, 2.75) is 19.8 Å². The van der Waals surface area contributed by atoms with Crippen molar-refractivity contribution >= 4 is 21.2 Å². The molecule has 1 nitrogen and oxygen atoms in total. The van der Waals surface area contributed by atoms with Crippen LogP contribution >= 0.6 is 21.2 Å². The third-order valence-electron chi connectivity index (χ3n) is 1.53. The van der Waals surface area contributed by atoms with Gasteiger partial charge in [-0.25, -0.2) is 0 Å². The summed E-state index contributed by atoms with van der Waals surface area (Å²) in [7, 11) is 0. The van der Waals surface area contributed by atoms with Gasteiger partial charge in [0, 0.05) is 0 Å². The minimum Gasteiger partial charge on any atom is -0.265 e. The summed E-state index contributed by atoms with van der Waals surface area (Å²) < 4.78 is 11.7. The predicted molar refractivity (Wildman–Crippen MR) is 52.8 cm³/mol. The molecule has 0 aliphatic heterocycles. The van der Waals surface area contributed by atoms with E-state index < -0.39 is 21.2 Å². The van der Waals surface area contributed by atoms with Gasteiger partial charge in [-0.2, -0.15) is 0 Å². The van der Waals surface area contributed by atoms with Gasteiger partial charge in [-0.15, -0.1) is 0 Å². The Morgan fingerprint density at radius 3 is 2.73 bits per heavy atom. The zero-order chi connectivity index (χ0) is 8.27. The third-order valence-corrected chi connectivity index (χ3v) is 2.91. The van der Waals surface area contributed by atoms with Crippen molar-refractivity contribution in [1.29, 1.82) is 0 Å². The quantitative estimate of drug-likeness (QED) is 0.747. The number of hydrogen-bond donors (Lipinski definition) is 0. The summed E-state index contributed by atoms with van der Waals surface area (Å²) in [6.45, 7) is 4.21. The fourth-order valence-electron chi connectivity index (χ4n) is 0.942. The molecule has 0 N–H and O–H groups in total. The van der Waals surface area contributed by atoms with Crippen LogP contribution in [0.3, 0.4) is 0 Å². The number of hydrogen-bond acceptors (Lipinski definition) is 1. The Hall–Kier alpha value is -0.250. The van der Waals surface area contributed by atoms with Crippen molar-refractivity contribution in [3.05, 3.63) is 33.4 Å². The van der Waals surface area contributed by atoms with Crippen LogP contribution in [0, 0.1) is 9.64 Å². The van der Waals surface area contributed by atoms with E-state index in [0.29, 0.717) is 5.92 Å². The summed E-state index contributed by atoms with van der Waals surface area (Å²) in [6.07, 6.45) is 0. The Balaban J connectivity index is 3.12. The van der Waals surface area contributed by atoms with E-state index in [9.17, 15) is 3.07 Å². The SMILES string of the molecule is CC(C)c1ccc[c]c1I=O. The largest absolute Gasteiger partial charge is 0.265 e. The molecule has 1 rings (SSSR count). The Morgan fingerprint density at radius 1 is 1.55 bits per heavy atom. The molecule has 0 spiro atoms. The lowest BCUT2D eigenvalue weighted by molar-refractivity contribution is 0.647. The van der Waals surface area contributed by atoms with Gasteiger partial charge in [-0.3, -0.25) is 3.07 Å². The van der Waals surface area contributed by atoms with E-state index in [-0.39, 0.29) is 0 Å². The molecule has 59 valence electrons. The number of benzene rings is 1. The summed E-state index contributed by atoms with van der Waals surface area (Å²) in [5, 5.41) is 0. The van der Waals surface area contributed by atoms with Crippen LogP contribution < -0.4 is 0 Å². The van der Waals surface area contributed by atoms with Crippen LogP contribution in [-0.2, 0) is 3.07 Å². The molecule has 0 aliphatic carbocycles. The van der Waals surface area contributed by atoms with E-state index in [1.165, 1.54) is 5.56 Å². The maximum Gasteiger partial charge on any atom is 0.182 e. The van der Waals surface area contributed by atoms with Crippen molar-refractivity contribution in [2.75, 3.05) is 0 Å². The first-order valence-corrected chi connectivity index (χ1v) is 5.49. The minimum absolute atomic E-state index is 0.455. The van der Waals surface area contributed by atoms with Crippen molar-refractivity contribution in [3.63, 3.8) is 0 Å². The smallest absolute Gasteiger partial charge is 0.182 e. The van der Waals surface area contributed by atoms with Crippen LogP contribution in [0.5, 0.6) is 0 Å². The highest BCUT2D eigenvalue weighted by Crippen LogP contribution is 2.22. The van der Waals surface area contributed by atoms with E-state index >= 15 is 0 Å². The second-order valence-corrected chi connectivity index (χ2v) is 4.19. The molecule has 0 fully saturated rings. The van der Waals surface area contributed by atoms with Gasteiger partial charge in [-0.05, 0) is 17.5 Å². The van der Waals surface area contributed by atoms with Crippen molar-refractivity contribution in [1.82, 2.24) is 0 Å². The van der Waals surface area contributed by atoms with Gasteiger partial charge in [0.25, 0.3) is 0 Å². The van der Waals surface area contributed by atoms with Crippen LogP contribution in [-0.4, -0.2) is 0 Å². The highest BCUT2D eigenvalue weighted by molar-refractivity contribution is 14.1. The number of halogens is 1. The van der Waals surface area contributed by atoms with Gasteiger partial charge in [-0.1, -0.05) is 32.0 Å². The van der Waals surface area contributed by atoms with Crippen LogP contribution in [0.25, 0.3) is 0 Å². The lowest BCUT2D eigenvalue weighted by Gasteiger charge is -2.05. The summed E-state index contributed by atoms with van der Waals surface area (Å²) in [6, 6.07) is 8.79. The highest BCUT2D eigenvalue weighted by Gasteiger charge is 2.04. The van der Waals surface area contributed by atoms with Crippen LogP contribution in [0.4, 0.5) is 0 Å². The lowest BCUT2D eigenvalue weighted by Crippen LogP contribution is -1.90. The fraction of sp³-hybridized carbons (Fsp3) is 0.333. The van der Waals surface area contributed by atoms with E-state index in [4.69, 9.17) is 0 Å². The Bertz CT molecular complexity index is 255. The molecular formula is C9H10IO. The molecule has 0 aliphatic rings. The highest BCUT2D eigenvalue weighted by atomic mass is 127. The van der Waals surface area contributed by atoms with Gasteiger partial charge in [0.1, 0.15) is 0 Å². The first-order valence-electron chi connectivity index (χ1n) is 3.53. The van der Waals surface area contributed by atoms with Crippen molar-refractivity contribution in [3.8, 4) is 0 Å². The van der Waals surface area contributed by atoms with Crippen LogP contribution in [0.2, 0.25) is 0 Å². The molecule has 0 aromatic heterocycles. The average Bonchev–Trinajstić information content (AvgIpc) is 2.04. The molecule has 1 aromatic carbocycles. The molecule has 1 radical (unpaired) electrons. The average molecular weight is 261 g/mol. The zero-order valence-electron chi connectivity index (χ0n) is 6.60. The van der Waals surface area contributed by atoms with Crippen molar-refractivity contribution in [2.24, 2.45) is 0 Å². The molecular weight excluding hydrogens is 251 g/mol. The van der Waals surface area contributed by atoms with Gasteiger partial charge in [0.15, 0.2) is 21.2 Å². The molecule has 0 saturated heterocycles. The first-order chi connectivity index (χ1) is 5.25. The maximum absolute atomic E-state index is 10.7. The second-order valence-electron chi connectivity index (χ2n) is 2.67.